The van der Waals surface area contributed by atoms with Crippen LogP contribution in [0.5, 0.6) is 0 Å². The second-order valence-electron chi connectivity index (χ2n) is 5.74. The highest BCUT2D eigenvalue weighted by Crippen LogP contribution is 2.35. The van der Waals surface area contributed by atoms with Crippen molar-refractivity contribution in [2.75, 3.05) is 11.4 Å². The van der Waals surface area contributed by atoms with Gasteiger partial charge in [-0.1, -0.05) is 26.1 Å². The summed E-state index contributed by atoms with van der Waals surface area (Å²) in [5.41, 5.74) is 7.83. The third-order valence-corrected chi connectivity index (χ3v) is 5.01. The predicted octanol–water partition coefficient (Wildman–Crippen LogP) is 3.95. The van der Waals surface area contributed by atoms with E-state index in [1.165, 1.54) is 12.1 Å². The summed E-state index contributed by atoms with van der Waals surface area (Å²) < 4.78 is 1.07. The van der Waals surface area contributed by atoms with Crippen LogP contribution in [0, 0.1) is 11.8 Å². The zero-order valence-corrected chi connectivity index (χ0v) is 14.1. The van der Waals surface area contributed by atoms with Crippen LogP contribution in [-0.2, 0) is 0 Å². The molecule has 3 atom stereocenters. The quantitative estimate of drug-likeness (QED) is 0.826. The van der Waals surface area contributed by atoms with Crippen LogP contribution in [0.3, 0.4) is 0 Å². The molecule has 1 aromatic carbocycles. The Hall–Kier alpha value is -0.610. The first-order valence-corrected chi connectivity index (χ1v) is 7.96. The molecule has 1 heterocycles. The summed E-state index contributed by atoms with van der Waals surface area (Å²) in [6.07, 6.45) is 1.31. The molecule has 19 heavy (non-hydrogen) atoms. The van der Waals surface area contributed by atoms with Gasteiger partial charge < -0.3 is 10.6 Å². The van der Waals surface area contributed by atoms with Crippen molar-refractivity contribution in [3.8, 4) is 0 Å². The van der Waals surface area contributed by atoms with Gasteiger partial charge in [-0.15, -0.1) is 0 Å². The van der Waals surface area contributed by atoms with Crippen molar-refractivity contribution >= 4 is 38.8 Å². The van der Waals surface area contributed by atoms with Crippen molar-refractivity contribution in [2.45, 2.75) is 33.2 Å². The number of anilines is 1. The highest BCUT2D eigenvalue weighted by molar-refractivity contribution is 9.10. The molecule has 104 valence electrons. The van der Waals surface area contributed by atoms with E-state index in [2.05, 4.69) is 47.7 Å². The SMILES string of the molecule is CC1CC(C)C(C)N(c2ccc(C(N)=S)cc2Br)C1. The largest absolute Gasteiger partial charge is 0.389 e. The second-order valence-corrected chi connectivity index (χ2v) is 7.04. The number of piperidine rings is 1. The normalized spacial score (nSPS) is 27.4. The summed E-state index contributed by atoms with van der Waals surface area (Å²) in [4.78, 5) is 2.94. The maximum absolute atomic E-state index is 5.68. The molecular formula is C15H21BrN2S. The Bertz CT molecular complexity index is 489. The Kier molecular flexibility index (Phi) is 4.51. The summed E-state index contributed by atoms with van der Waals surface area (Å²) in [5.74, 6) is 1.44. The molecule has 1 aliphatic heterocycles. The van der Waals surface area contributed by atoms with E-state index in [0.29, 0.717) is 16.9 Å². The van der Waals surface area contributed by atoms with E-state index in [9.17, 15) is 0 Å². The average molecular weight is 341 g/mol. The van der Waals surface area contributed by atoms with Gasteiger partial charge in [0.15, 0.2) is 0 Å². The third kappa shape index (κ3) is 3.11. The van der Waals surface area contributed by atoms with Gasteiger partial charge in [-0.25, -0.2) is 0 Å². The maximum atomic E-state index is 5.68. The van der Waals surface area contributed by atoms with Gasteiger partial charge in [0.05, 0.1) is 5.69 Å². The molecule has 2 nitrogen and oxygen atoms in total. The fourth-order valence-corrected chi connectivity index (χ4v) is 3.66. The van der Waals surface area contributed by atoms with Crippen molar-refractivity contribution < 1.29 is 0 Å². The van der Waals surface area contributed by atoms with Crippen molar-refractivity contribution in [2.24, 2.45) is 17.6 Å². The molecule has 0 amide bonds. The number of rotatable bonds is 2. The van der Waals surface area contributed by atoms with Gasteiger partial charge in [0.1, 0.15) is 4.99 Å². The van der Waals surface area contributed by atoms with Crippen LogP contribution in [0.4, 0.5) is 5.69 Å². The number of benzene rings is 1. The molecule has 4 heteroatoms. The molecule has 2 N–H and O–H groups in total. The summed E-state index contributed by atoms with van der Waals surface area (Å²) in [6.45, 7) is 8.08. The average Bonchev–Trinajstić information content (AvgIpc) is 2.33. The smallest absolute Gasteiger partial charge is 0.104 e. The molecule has 3 unspecified atom stereocenters. The fourth-order valence-electron chi connectivity index (χ4n) is 2.93. The highest BCUT2D eigenvalue weighted by atomic mass is 79.9. The van der Waals surface area contributed by atoms with Gasteiger partial charge in [-0.05, 0) is 59.3 Å². The van der Waals surface area contributed by atoms with E-state index in [-0.39, 0.29) is 0 Å². The minimum absolute atomic E-state index is 0.445. The van der Waals surface area contributed by atoms with E-state index in [4.69, 9.17) is 18.0 Å². The summed E-state index contributed by atoms with van der Waals surface area (Å²) in [6, 6.07) is 6.72. The van der Waals surface area contributed by atoms with Gasteiger partial charge in [0.2, 0.25) is 0 Å². The van der Waals surface area contributed by atoms with Gasteiger partial charge >= 0.3 is 0 Å². The lowest BCUT2D eigenvalue weighted by Gasteiger charge is -2.43. The maximum Gasteiger partial charge on any atom is 0.104 e. The van der Waals surface area contributed by atoms with Crippen molar-refractivity contribution in [1.82, 2.24) is 0 Å². The predicted molar refractivity (Wildman–Crippen MR) is 89.8 cm³/mol. The standard InChI is InChI=1S/C15H21BrN2S/c1-9-6-10(2)11(3)18(8-9)14-5-4-12(15(17)19)7-13(14)16/h4-5,7,9-11H,6,8H2,1-3H3,(H2,17,19). The van der Waals surface area contributed by atoms with Crippen molar-refractivity contribution in [1.29, 1.82) is 0 Å². The van der Waals surface area contributed by atoms with Crippen molar-refractivity contribution in [3.05, 3.63) is 28.2 Å². The van der Waals surface area contributed by atoms with Crippen LogP contribution in [0.25, 0.3) is 0 Å². The lowest BCUT2D eigenvalue weighted by Crippen LogP contribution is -2.46. The zero-order valence-electron chi connectivity index (χ0n) is 11.7. The number of halogens is 1. The first-order chi connectivity index (χ1) is 8.90. The first-order valence-electron chi connectivity index (χ1n) is 6.76. The zero-order chi connectivity index (χ0) is 14.2. The van der Waals surface area contributed by atoms with Crippen molar-refractivity contribution in [3.63, 3.8) is 0 Å². The van der Waals surface area contributed by atoms with Crippen LogP contribution in [-0.4, -0.2) is 17.6 Å². The van der Waals surface area contributed by atoms with Gasteiger partial charge in [0.25, 0.3) is 0 Å². The third-order valence-electron chi connectivity index (χ3n) is 4.14. The molecule has 2 rings (SSSR count). The van der Waals surface area contributed by atoms with Gasteiger partial charge in [-0.3, -0.25) is 0 Å². The Morgan fingerprint density at radius 2 is 2.05 bits per heavy atom. The molecule has 0 aromatic heterocycles. The Morgan fingerprint density at radius 3 is 2.63 bits per heavy atom. The van der Waals surface area contributed by atoms with E-state index in [1.54, 1.807) is 0 Å². The number of nitrogens with two attached hydrogens (primary N) is 1. The van der Waals surface area contributed by atoms with Crippen LogP contribution >= 0.6 is 28.1 Å². The van der Waals surface area contributed by atoms with Crippen LogP contribution in [0.15, 0.2) is 22.7 Å². The molecule has 1 fully saturated rings. The first kappa shape index (κ1) is 14.8. The number of hydrogen-bond donors (Lipinski definition) is 1. The summed E-state index contributed by atoms with van der Waals surface area (Å²) >= 11 is 8.69. The lowest BCUT2D eigenvalue weighted by molar-refractivity contribution is 0.297. The fraction of sp³-hybridized carbons (Fsp3) is 0.533. The van der Waals surface area contributed by atoms with Gasteiger partial charge in [-0.2, -0.15) is 0 Å². The van der Waals surface area contributed by atoms with Crippen LogP contribution < -0.4 is 10.6 Å². The van der Waals surface area contributed by atoms with E-state index in [1.807, 2.05) is 12.1 Å². The molecule has 1 saturated heterocycles. The van der Waals surface area contributed by atoms with E-state index in [0.717, 1.165) is 22.5 Å². The molecule has 0 aliphatic carbocycles. The van der Waals surface area contributed by atoms with E-state index < -0.39 is 0 Å². The lowest BCUT2D eigenvalue weighted by atomic mass is 9.85. The van der Waals surface area contributed by atoms with Crippen LogP contribution in [0.2, 0.25) is 0 Å². The molecular weight excluding hydrogens is 320 g/mol. The van der Waals surface area contributed by atoms with Crippen LogP contribution in [0.1, 0.15) is 32.8 Å². The Labute approximate surface area is 129 Å². The highest BCUT2D eigenvalue weighted by Gasteiger charge is 2.29. The Balaban J connectivity index is 2.32. The summed E-state index contributed by atoms with van der Waals surface area (Å²) in [7, 11) is 0. The molecule has 0 radical (unpaired) electrons. The minimum Gasteiger partial charge on any atom is -0.389 e. The molecule has 1 aliphatic rings. The summed E-state index contributed by atoms with van der Waals surface area (Å²) in [5, 5.41) is 0. The number of thiocarbonyl (C=S) groups is 1. The monoisotopic (exact) mass is 340 g/mol. The molecule has 0 bridgehead atoms. The molecule has 1 aromatic rings. The number of nitrogens with zero attached hydrogens (tertiary/aromatic N) is 1. The van der Waals surface area contributed by atoms with Gasteiger partial charge in [0, 0.05) is 22.6 Å². The number of hydrogen-bond acceptors (Lipinski definition) is 2. The molecule has 0 spiro atoms. The van der Waals surface area contributed by atoms with E-state index >= 15 is 0 Å². The Morgan fingerprint density at radius 1 is 1.37 bits per heavy atom. The minimum atomic E-state index is 0.445. The topological polar surface area (TPSA) is 29.3 Å². The molecule has 0 saturated carbocycles. The second kappa shape index (κ2) is 5.80.